The number of halogens is 1. The number of anilines is 2. The second-order valence-electron chi connectivity index (χ2n) is 6.67. The second kappa shape index (κ2) is 9.37. The van der Waals surface area contributed by atoms with Gasteiger partial charge in [-0.1, -0.05) is 36.7 Å². The standard InChI is InChI=1S/C22H21ClN4O3/c1-3-17-12-21(30)27(22(26-17)15-6-4-7-16(23)10-15)13-20(29)25-19-9-5-8-18(11-19)24-14(2)28/h4-12H,3,13H2,1-2H3,(H,24,28)(H,25,29). The van der Waals surface area contributed by atoms with E-state index in [-0.39, 0.29) is 18.0 Å². The zero-order valence-corrected chi connectivity index (χ0v) is 17.4. The normalized spacial score (nSPS) is 10.5. The SMILES string of the molecule is CCc1cc(=O)n(CC(=O)Nc2cccc(NC(C)=O)c2)c(-c2cccc(Cl)c2)n1. The van der Waals surface area contributed by atoms with Crippen molar-refractivity contribution >= 4 is 34.8 Å². The average molecular weight is 425 g/mol. The molecular weight excluding hydrogens is 404 g/mol. The van der Waals surface area contributed by atoms with Crippen LogP contribution in [0.1, 0.15) is 19.5 Å². The lowest BCUT2D eigenvalue weighted by atomic mass is 10.2. The number of nitrogens with zero attached hydrogens (tertiary/aromatic N) is 2. The summed E-state index contributed by atoms with van der Waals surface area (Å²) < 4.78 is 1.32. The molecule has 30 heavy (non-hydrogen) atoms. The van der Waals surface area contributed by atoms with E-state index in [0.717, 1.165) is 0 Å². The number of hydrogen-bond acceptors (Lipinski definition) is 4. The van der Waals surface area contributed by atoms with Crippen molar-refractivity contribution < 1.29 is 9.59 Å². The predicted octanol–water partition coefficient (Wildman–Crippen LogP) is 3.72. The van der Waals surface area contributed by atoms with Gasteiger partial charge in [-0.05, 0) is 36.8 Å². The molecule has 7 nitrogen and oxygen atoms in total. The maximum Gasteiger partial charge on any atom is 0.254 e. The maximum atomic E-state index is 12.7. The van der Waals surface area contributed by atoms with Crippen LogP contribution in [-0.2, 0) is 22.6 Å². The molecule has 0 saturated heterocycles. The third-order valence-corrected chi connectivity index (χ3v) is 4.51. The van der Waals surface area contributed by atoms with Crippen molar-refractivity contribution in [2.75, 3.05) is 10.6 Å². The Morgan fingerprint density at radius 1 is 1.03 bits per heavy atom. The molecule has 1 heterocycles. The fourth-order valence-corrected chi connectivity index (χ4v) is 3.15. The first kappa shape index (κ1) is 21.3. The largest absolute Gasteiger partial charge is 0.326 e. The summed E-state index contributed by atoms with van der Waals surface area (Å²) in [6.45, 7) is 3.09. The lowest BCUT2D eigenvalue weighted by Crippen LogP contribution is -2.30. The highest BCUT2D eigenvalue weighted by Gasteiger charge is 2.14. The third-order valence-electron chi connectivity index (χ3n) is 4.27. The molecule has 0 unspecified atom stereocenters. The summed E-state index contributed by atoms with van der Waals surface area (Å²) in [5.41, 5.74) is 2.02. The molecule has 0 saturated carbocycles. The van der Waals surface area contributed by atoms with Gasteiger partial charge in [-0.15, -0.1) is 0 Å². The van der Waals surface area contributed by atoms with Gasteiger partial charge in [-0.25, -0.2) is 4.98 Å². The van der Waals surface area contributed by atoms with Crippen molar-refractivity contribution in [2.24, 2.45) is 0 Å². The van der Waals surface area contributed by atoms with Gasteiger partial charge in [0.2, 0.25) is 11.8 Å². The number of rotatable bonds is 6. The van der Waals surface area contributed by atoms with Crippen LogP contribution in [0.2, 0.25) is 5.02 Å². The van der Waals surface area contributed by atoms with Crippen LogP contribution in [0.4, 0.5) is 11.4 Å². The lowest BCUT2D eigenvalue weighted by molar-refractivity contribution is -0.117. The van der Waals surface area contributed by atoms with Crippen molar-refractivity contribution in [3.05, 3.63) is 75.7 Å². The average Bonchev–Trinajstić information content (AvgIpc) is 2.69. The van der Waals surface area contributed by atoms with Crippen LogP contribution in [0.15, 0.2) is 59.4 Å². The molecule has 3 rings (SSSR count). The van der Waals surface area contributed by atoms with E-state index in [0.29, 0.717) is 39.9 Å². The number of carbonyl (C=O) groups is 2. The van der Waals surface area contributed by atoms with Crippen LogP contribution >= 0.6 is 11.6 Å². The van der Waals surface area contributed by atoms with Crippen molar-refractivity contribution in [1.82, 2.24) is 9.55 Å². The molecule has 2 aromatic carbocycles. The molecular formula is C22H21ClN4O3. The van der Waals surface area contributed by atoms with Gasteiger partial charge in [0.05, 0.1) is 0 Å². The number of benzene rings is 2. The Balaban J connectivity index is 1.90. The monoisotopic (exact) mass is 424 g/mol. The van der Waals surface area contributed by atoms with Crippen molar-refractivity contribution in [3.8, 4) is 11.4 Å². The van der Waals surface area contributed by atoms with Crippen LogP contribution < -0.4 is 16.2 Å². The highest BCUT2D eigenvalue weighted by molar-refractivity contribution is 6.30. The zero-order chi connectivity index (χ0) is 21.7. The van der Waals surface area contributed by atoms with Gasteiger partial charge in [0.15, 0.2) is 0 Å². The van der Waals surface area contributed by atoms with Crippen LogP contribution in [-0.4, -0.2) is 21.4 Å². The predicted molar refractivity (Wildman–Crippen MR) is 118 cm³/mol. The summed E-state index contributed by atoms with van der Waals surface area (Å²) in [7, 11) is 0. The van der Waals surface area contributed by atoms with Gasteiger partial charge in [-0.3, -0.25) is 19.0 Å². The molecule has 1 aromatic heterocycles. The summed E-state index contributed by atoms with van der Waals surface area (Å²) in [6.07, 6.45) is 0.589. The van der Waals surface area contributed by atoms with E-state index in [9.17, 15) is 14.4 Å². The molecule has 0 aliphatic heterocycles. The third kappa shape index (κ3) is 5.33. The molecule has 0 aliphatic carbocycles. The Morgan fingerprint density at radius 2 is 1.73 bits per heavy atom. The lowest BCUT2D eigenvalue weighted by Gasteiger charge is -2.14. The Hall–Kier alpha value is -3.45. The Morgan fingerprint density at radius 3 is 2.40 bits per heavy atom. The molecule has 0 radical (unpaired) electrons. The highest BCUT2D eigenvalue weighted by atomic mass is 35.5. The number of aromatic nitrogens is 2. The van der Waals surface area contributed by atoms with Gasteiger partial charge < -0.3 is 10.6 Å². The molecule has 3 aromatic rings. The molecule has 154 valence electrons. The van der Waals surface area contributed by atoms with Gasteiger partial charge in [0.1, 0.15) is 12.4 Å². The number of hydrogen-bond donors (Lipinski definition) is 2. The first-order valence-electron chi connectivity index (χ1n) is 9.40. The minimum Gasteiger partial charge on any atom is -0.326 e. The molecule has 2 N–H and O–H groups in total. The smallest absolute Gasteiger partial charge is 0.254 e. The number of aryl methyl sites for hydroxylation is 1. The van der Waals surface area contributed by atoms with E-state index in [1.165, 1.54) is 17.6 Å². The number of nitrogens with one attached hydrogen (secondary N) is 2. The first-order chi connectivity index (χ1) is 14.4. The quantitative estimate of drug-likeness (QED) is 0.630. The van der Waals surface area contributed by atoms with Gasteiger partial charge in [-0.2, -0.15) is 0 Å². The fraction of sp³-hybridized carbons (Fsp3) is 0.182. The molecule has 8 heteroatoms. The molecule has 0 bridgehead atoms. The first-order valence-corrected chi connectivity index (χ1v) is 9.77. The Labute approximate surface area is 178 Å². The zero-order valence-electron chi connectivity index (χ0n) is 16.6. The molecule has 2 amide bonds. The second-order valence-corrected chi connectivity index (χ2v) is 7.11. The molecule has 0 aliphatic rings. The van der Waals surface area contributed by atoms with E-state index in [1.54, 1.807) is 48.5 Å². The minimum absolute atomic E-state index is 0.210. The summed E-state index contributed by atoms with van der Waals surface area (Å²) in [6, 6.07) is 15.2. The van der Waals surface area contributed by atoms with Crippen molar-refractivity contribution in [3.63, 3.8) is 0 Å². The highest BCUT2D eigenvalue weighted by Crippen LogP contribution is 2.21. The minimum atomic E-state index is -0.397. The van der Waals surface area contributed by atoms with Crippen LogP contribution in [0, 0.1) is 0 Å². The van der Waals surface area contributed by atoms with Gasteiger partial charge in [0, 0.05) is 40.6 Å². The van der Waals surface area contributed by atoms with Gasteiger partial charge >= 0.3 is 0 Å². The number of amides is 2. The summed E-state index contributed by atoms with van der Waals surface area (Å²) in [4.78, 5) is 41.1. The van der Waals surface area contributed by atoms with Crippen molar-refractivity contribution in [2.45, 2.75) is 26.8 Å². The summed E-state index contributed by atoms with van der Waals surface area (Å²) in [5.74, 6) is -0.228. The molecule has 0 atom stereocenters. The fourth-order valence-electron chi connectivity index (χ4n) is 2.96. The summed E-state index contributed by atoms with van der Waals surface area (Å²) in [5, 5.41) is 5.91. The topological polar surface area (TPSA) is 93.1 Å². The van der Waals surface area contributed by atoms with E-state index in [4.69, 9.17) is 11.6 Å². The Bertz CT molecular complexity index is 1160. The van der Waals surface area contributed by atoms with E-state index in [1.807, 2.05) is 6.92 Å². The van der Waals surface area contributed by atoms with E-state index >= 15 is 0 Å². The van der Waals surface area contributed by atoms with Crippen LogP contribution in [0.25, 0.3) is 11.4 Å². The maximum absolute atomic E-state index is 12.7. The summed E-state index contributed by atoms with van der Waals surface area (Å²) >= 11 is 6.10. The Kier molecular flexibility index (Phi) is 6.64. The molecule has 0 fully saturated rings. The van der Waals surface area contributed by atoms with Gasteiger partial charge in [0.25, 0.3) is 5.56 Å². The number of carbonyl (C=O) groups excluding carboxylic acids is 2. The van der Waals surface area contributed by atoms with Crippen LogP contribution in [0.3, 0.4) is 0 Å². The van der Waals surface area contributed by atoms with E-state index in [2.05, 4.69) is 15.6 Å². The molecule has 0 spiro atoms. The van der Waals surface area contributed by atoms with Crippen LogP contribution in [0.5, 0.6) is 0 Å². The van der Waals surface area contributed by atoms with Crippen molar-refractivity contribution in [1.29, 1.82) is 0 Å². The van der Waals surface area contributed by atoms with E-state index < -0.39 is 5.91 Å².